The quantitative estimate of drug-likeness (QED) is 0.524. The molecule has 8 nitrogen and oxygen atoms in total. The molecule has 2 fully saturated rings. The molecule has 0 radical (unpaired) electrons. The summed E-state index contributed by atoms with van der Waals surface area (Å²) >= 11 is 0. The predicted octanol–water partition coefficient (Wildman–Crippen LogP) is 2.45. The second-order valence-corrected chi connectivity index (χ2v) is 9.93. The molecule has 8 heteroatoms. The average Bonchev–Trinajstić information content (AvgIpc) is 3.16. The number of carbonyl (C=O) groups is 2. The van der Waals surface area contributed by atoms with E-state index in [9.17, 15) is 9.59 Å². The van der Waals surface area contributed by atoms with Gasteiger partial charge in [-0.05, 0) is 52.4 Å². The van der Waals surface area contributed by atoms with E-state index in [2.05, 4.69) is 15.6 Å². The summed E-state index contributed by atoms with van der Waals surface area (Å²) in [6, 6.07) is 0. The van der Waals surface area contributed by atoms with Gasteiger partial charge < -0.3 is 25.2 Å². The third kappa shape index (κ3) is 6.77. The van der Waals surface area contributed by atoms with E-state index in [-0.39, 0.29) is 17.4 Å². The molecule has 2 N–H and O–H groups in total. The van der Waals surface area contributed by atoms with Gasteiger partial charge in [0, 0.05) is 47.3 Å². The van der Waals surface area contributed by atoms with Crippen LogP contribution in [-0.2, 0) is 9.53 Å². The predicted molar refractivity (Wildman–Crippen MR) is 119 cm³/mol. The van der Waals surface area contributed by atoms with Gasteiger partial charge in [0.15, 0.2) is 5.96 Å². The molecule has 1 atom stereocenters. The zero-order valence-electron chi connectivity index (χ0n) is 19.7. The van der Waals surface area contributed by atoms with Crippen molar-refractivity contribution in [1.82, 2.24) is 20.4 Å². The number of hydrogen-bond acceptors (Lipinski definition) is 4. The molecule has 1 saturated carbocycles. The lowest BCUT2D eigenvalue weighted by atomic mass is 9.84. The largest absolute Gasteiger partial charge is 0.444 e. The Labute approximate surface area is 181 Å². The van der Waals surface area contributed by atoms with Gasteiger partial charge in [-0.1, -0.05) is 12.8 Å². The Kier molecular flexibility index (Phi) is 8.38. The Morgan fingerprint density at radius 2 is 1.83 bits per heavy atom. The fourth-order valence-electron chi connectivity index (χ4n) is 4.43. The van der Waals surface area contributed by atoms with Crippen molar-refractivity contribution in [3.8, 4) is 0 Å². The molecule has 0 bridgehead atoms. The molecule has 2 aliphatic rings. The van der Waals surface area contributed by atoms with E-state index in [0.717, 1.165) is 51.6 Å². The highest BCUT2D eigenvalue weighted by molar-refractivity contribution is 5.85. The van der Waals surface area contributed by atoms with Crippen LogP contribution in [0.25, 0.3) is 0 Å². The summed E-state index contributed by atoms with van der Waals surface area (Å²) < 4.78 is 5.52. The van der Waals surface area contributed by atoms with Crippen LogP contribution in [0.5, 0.6) is 0 Å². The lowest BCUT2D eigenvalue weighted by Crippen LogP contribution is -2.51. The first-order valence-corrected chi connectivity index (χ1v) is 11.2. The maximum absolute atomic E-state index is 12.7. The van der Waals surface area contributed by atoms with Crippen LogP contribution >= 0.6 is 0 Å². The van der Waals surface area contributed by atoms with Gasteiger partial charge in [0.25, 0.3) is 0 Å². The minimum absolute atomic E-state index is 0.197. The first kappa shape index (κ1) is 24.3. The molecule has 1 heterocycles. The Morgan fingerprint density at radius 1 is 1.17 bits per heavy atom. The maximum atomic E-state index is 12.7. The summed E-state index contributed by atoms with van der Waals surface area (Å²) in [5.41, 5.74) is -0.812. The highest BCUT2D eigenvalue weighted by atomic mass is 16.6. The molecule has 1 aliphatic carbocycles. The van der Waals surface area contributed by atoms with Crippen LogP contribution in [0.15, 0.2) is 4.99 Å². The number of nitrogens with zero attached hydrogens (tertiary/aromatic N) is 3. The Bertz CT molecular complexity index is 621. The third-order valence-corrected chi connectivity index (χ3v) is 5.97. The molecule has 2 rings (SSSR count). The number of aliphatic imine (C=N–C) groups is 1. The molecule has 30 heavy (non-hydrogen) atoms. The fourth-order valence-corrected chi connectivity index (χ4v) is 4.43. The highest BCUT2D eigenvalue weighted by Crippen LogP contribution is 2.38. The molecule has 0 aromatic rings. The van der Waals surface area contributed by atoms with Crippen molar-refractivity contribution in [3.63, 3.8) is 0 Å². The summed E-state index contributed by atoms with van der Waals surface area (Å²) in [5, 5.41) is 6.77. The topological polar surface area (TPSA) is 86.3 Å². The maximum Gasteiger partial charge on any atom is 0.410 e. The van der Waals surface area contributed by atoms with E-state index in [0.29, 0.717) is 25.0 Å². The Hall–Kier alpha value is -1.99. The van der Waals surface area contributed by atoms with Crippen molar-refractivity contribution in [2.75, 3.05) is 47.3 Å². The highest BCUT2D eigenvalue weighted by Gasteiger charge is 2.42. The van der Waals surface area contributed by atoms with Crippen molar-refractivity contribution in [2.24, 2.45) is 16.3 Å². The number of carbonyl (C=O) groups excluding carboxylic acids is 2. The first-order chi connectivity index (χ1) is 14.1. The molecule has 0 aromatic heterocycles. The molecule has 1 saturated heterocycles. The van der Waals surface area contributed by atoms with Crippen molar-refractivity contribution in [1.29, 1.82) is 0 Å². The standard InChI is InChI=1S/C22H41N5O3/c1-21(2,3)30-20(29)27-13-9-10-17(15-27)14-24-19(23-4)25-16-22(11-7-8-12-22)18(28)26(5)6/h17H,7-16H2,1-6H3,(H2,23,24,25). The van der Waals surface area contributed by atoms with Gasteiger partial charge in [-0.25, -0.2) is 4.79 Å². The molecule has 1 unspecified atom stereocenters. The molecule has 1 aliphatic heterocycles. The molecular weight excluding hydrogens is 382 g/mol. The van der Waals surface area contributed by atoms with E-state index in [1.54, 1.807) is 16.8 Å². The van der Waals surface area contributed by atoms with Crippen LogP contribution in [0.4, 0.5) is 4.79 Å². The van der Waals surface area contributed by atoms with Gasteiger partial charge >= 0.3 is 6.09 Å². The van der Waals surface area contributed by atoms with Crippen LogP contribution in [0.1, 0.15) is 59.3 Å². The van der Waals surface area contributed by atoms with Crippen LogP contribution in [0.3, 0.4) is 0 Å². The number of rotatable bonds is 5. The van der Waals surface area contributed by atoms with Crippen LogP contribution < -0.4 is 10.6 Å². The van der Waals surface area contributed by atoms with Gasteiger partial charge in [-0.15, -0.1) is 0 Å². The van der Waals surface area contributed by atoms with Crippen molar-refractivity contribution < 1.29 is 14.3 Å². The third-order valence-electron chi connectivity index (χ3n) is 5.97. The number of guanidine groups is 1. The molecule has 2 amide bonds. The number of hydrogen-bond donors (Lipinski definition) is 2. The van der Waals surface area contributed by atoms with Crippen molar-refractivity contribution >= 4 is 18.0 Å². The molecular formula is C22H41N5O3. The summed E-state index contributed by atoms with van der Waals surface area (Å²) in [7, 11) is 5.40. The van der Waals surface area contributed by atoms with Crippen molar-refractivity contribution in [2.45, 2.75) is 64.9 Å². The van der Waals surface area contributed by atoms with Crippen LogP contribution in [-0.4, -0.2) is 80.7 Å². The molecule has 172 valence electrons. The number of likely N-dealkylation sites (tertiary alicyclic amines) is 1. The summed E-state index contributed by atoms with van der Waals surface area (Å²) in [4.78, 5) is 33.0. The fraction of sp³-hybridized carbons (Fsp3) is 0.864. The summed E-state index contributed by atoms with van der Waals surface area (Å²) in [5.74, 6) is 1.25. The minimum atomic E-state index is -0.478. The smallest absolute Gasteiger partial charge is 0.410 e. The van der Waals surface area contributed by atoms with Gasteiger partial charge in [-0.2, -0.15) is 0 Å². The zero-order valence-corrected chi connectivity index (χ0v) is 19.7. The van der Waals surface area contributed by atoms with E-state index < -0.39 is 5.60 Å². The minimum Gasteiger partial charge on any atom is -0.444 e. The number of ether oxygens (including phenoxy) is 1. The first-order valence-electron chi connectivity index (χ1n) is 11.2. The number of amides is 2. The van der Waals surface area contributed by atoms with Gasteiger partial charge in [0.2, 0.25) is 5.91 Å². The van der Waals surface area contributed by atoms with Crippen LogP contribution in [0.2, 0.25) is 0 Å². The molecule has 0 spiro atoms. The lowest BCUT2D eigenvalue weighted by molar-refractivity contribution is -0.138. The Morgan fingerprint density at radius 3 is 2.40 bits per heavy atom. The van der Waals surface area contributed by atoms with Crippen molar-refractivity contribution in [3.05, 3.63) is 0 Å². The normalized spacial score (nSPS) is 21.9. The van der Waals surface area contributed by atoms with Gasteiger partial charge in [-0.3, -0.25) is 9.79 Å². The van der Waals surface area contributed by atoms with Gasteiger partial charge in [0.1, 0.15) is 5.60 Å². The molecule has 0 aromatic carbocycles. The average molecular weight is 424 g/mol. The second-order valence-electron chi connectivity index (χ2n) is 9.93. The lowest BCUT2D eigenvalue weighted by Gasteiger charge is -2.34. The van der Waals surface area contributed by atoms with E-state index in [4.69, 9.17) is 4.74 Å². The second kappa shape index (κ2) is 10.4. The van der Waals surface area contributed by atoms with E-state index in [1.807, 2.05) is 34.9 Å². The van der Waals surface area contributed by atoms with E-state index >= 15 is 0 Å². The monoisotopic (exact) mass is 423 g/mol. The van der Waals surface area contributed by atoms with Gasteiger partial charge in [0.05, 0.1) is 5.41 Å². The number of piperidine rings is 1. The zero-order chi connectivity index (χ0) is 22.4. The summed E-state index contributed by atoms with van der Waals surface area (Å²) in [6.07, 6.45) is 5.82. The summed E-state index contributed by atoms with van der Waals surface area (Å²) in [6.45, 7) is 8.42. The SMILES string of the molecule is CN=C(NCC1CCCN(C(=O)OC(C)(C)C)C1)NCC1(C(=O)N(C)C)CCCC1. The number of nitrogens with one attached hydrogen (secondary N) is 2. The van der Waals surface area contributed by atoms with E-state index in [1.165, 1.54) is 0 Å². The van der Waals surface area contributed by atoms with Crippen LogP contribution in [0, 0.1) is 11.3 Å². The Balaban J connectivity index is 1.85.